The van der Waals surface area contributed by atoms with E-state index in [1.165, 1.54) is 0 Å². The highest BCUT2D eigenvalue weighted by atomic mass is 19.4. The van der Waals surface area contributed by atoms with Gasteiger partial charge in [-0.15, -0.1) is 0 Å². The second-order valence-electron chi connectivity index (χ2n) is 3.95. The standard InChI is InChI=1S/C12H17F3N2O/c1-2-17-11(8-18-9-12(13,14)15)6-10-4-3-5-16-7-10/h3-5,7,11,17H,2,6,8-9H2,1H3. The number of rotatable bonds is 7. The molecule has 0 bridgehead atoms. The first-order valence-corrected chi connectivity index (χ1v) is 5.78. The minimum Gasteiger partial charge on any atom is -0.370 e. The zero-order valence-electron chi connectivity index (χ0n) is 10.2. The van der Waals surface area contributed by atoms with Crippen LogP contribution in [0, 0.1) is 0 Å². The van der Waals surface area contributed by atoms with Crippen LogP contribution in [0.5, 0.6) is 0 Å². The maximum Gasteiger partial charge on any atom is 0.411 e. The molecule has 0 saturated carbocycles. The molecule has 0 fully saturated rings. The van der Waals surface area contributed by atoms with Crippen molar-refractivity contribution in [2.45, 2.75) is 25.6 Å². The summed E-state index contributed by atoms with van der Waals surface area (Å²) in [6.07, 6.45) is -0.315. The summed E-state index contributed by atoms with van der Waals surface area (Å²) >= 11 is 0. The van der Waals surface area contributed by atoms with Gasteiger partial charge in [-0.2, -0.15) is 13.2 Å². The van der Waals surface area contributed by atoms with E-state index in [-0.39, 0.29) is 12.6 Å². The van der Waals surface area contributed by atoms with Crippen molar-refractivity contribution in [2.24, 2.45) is 0 Å². The molecule has 1 heterocycles. The molecule has 0 aliphatic carbocycles. The van der Waals surface area contributed by atoms with Gasteiger partial charge in [-0.05, 0) is 24.6 Å². The topological polar surface area (TPSA) is 34.1 Å². The molecular formula is C12H17F3N2O. The molecule has 18 heavy (non-hydrogen) atoms. The monoisotopic (exact) mass is 262 g/mol. The second-order valence-corrected chi connectivity index (χ2v) is 3.95. The molecular weight excluding hydrogens is 245 g/mol. The number of nitrogens with zero attached hydrogens (tertiary/aromatic N) is 1. The maximum absolute atomic E-state index is 12.0. The van der Waals surface area contributed by atoms with E-state index < -0.39 is 12.8 Å². The van der Waals surface area contributed by atoms with Crippen molar-refractivity contribution in [2.75, 3.05) is 19.8 Å². The van der Waals surface area contributed by atoms with Gasteiger partial charge >= 0.3 is 6.18 Å². The van der Waals surface area contributed by atoms with E-state index in [1.807, 2.05) is 13.0 Å². The fourth-order valence-corrected chi connectivity index (χ4v) is 1.60. The van der Waals surface area contributed by atoms with Crippen molar-refractivity contribution in [1.29, 1.82) is 0 Å². The molecule has 1 aromatic rings. The quantitative estimate of drug-likeness (QED) is 0.818. The summed E-state index contributed by atoms with van der Waals surface area (Å²) in [5.41, 5.74) is 0.971. The van der Waals surface area contributed by atoms with Crippen LogP contribution in [0.15, 0.2) is 24.5 Å². The number of alkyl halides is 3. The van der Waals surface area contributed by atoms with Gasteiger partial charge in [-0.3, -0.25) is 4.98 Å². The van der Waals surface area contributed by atoms with Crippen LogP contribution >= 0.6 is 0 Å². The molecule has 1 aromatic heterocycles. The Morgan fingerprint density at radius 3 is 2.78 bits per heavy atom. The lowest BCUT2D eigenvalue weighted by Crippen LogP contribution is -2.36. The zero-order valence-corrected chi connectivity index (χ0v) is 10.2. The molecule has 1 rings (SSSR count). The lowest BCUT2D eigenvalue weighted by Gasteiger charge is -2.18. The molecule has 0 aliphatic rings. The largest absolute Gasteiger partial charge is 0.411 e. The van der Waals surface area contributed by atoms with Crippen LogP contribution in [-0.2, 0) is 11.2 Å². The van der Waals surface area contributed by atoms with Crippen molar-refractivity contribution >= 4 is 0 Å². The smallest absolute Gasteiger partial charge is 0.370 e. The molecule has 1 unspecified atom stereocenters. The highest BCUT2D eigenvalue weighted by Gasteiger charge is 2.27. The predicted octanol–water partition coefficient (Wildman–Crippen LogP) is 2.18. The van der Waals surface area contributed by atoms with Crippen LogP contribution < -0.4 is 5.32 Å². The Morgan fingerprint density at radius 2 is 2.22 bits per heavy atom. The summed E-state index contributed by atoms with van der Waals surface area (Å²) in [5.74, 6) is 0. The third-order valence-electron chi connectivity index (χ3n) is 2.28. The SMILES string of the molecule is CCNC(COCC(F)(F)F)Cc1cccnc1. The van der Waals surface area contributed by atoms with E-state index in [9.17, 15) is 13.2 Å². The minimum atomic E-state index is -4.27. The highest BCUT2D eigenvalue weighted by Crippen LogP contribution is 2.14. The molecule has 0 aromatic carbocycles. The molecule has 0 amide bonds. The summed E-state index contributed by atoms with van der Waals surface area (Å²) in [5, 5.41) is 3.10. The first-order valence-electron chi connectivity index (χ1n) is 5.78. The number of ether oxygens (including phenoxy) is 1. The zero-order chi connectivity index (χ0) is 13.4. The van der Waals surface area contributed by atoms with Crippen molar-refractivity contribution in [1.82, 2.24) is 10.3 Å². The van der Waals surface area contributed by atoms with E-state index in [0.717, 1.165) is 5.56 Å². The Morgan fingerprint density at radius 1 is 1.44 bits per heavy atom. The first kappa shape index (κ1) is 14.9. The molecule has 0 aliphatic heterocycles. The summed E-state index contributed by atoms with van der Waals surface area (Å²) in [4.78, 5) is 3.97. The number of hydrogen-bond donors (Lipinski definition) is 1. The van der Waals surface area contributed by atoms with Crippen molar-refractivity contribution in [3.63, 3.8) is 0 Å². The van der Waals surface area contributed by atoms with Crippen LogP contribution in [0.3, 0.4) is 0 Å². The Labute approximate surface area is 104 Å². The van der Waals surface area contributed by atoms with Gasteiger partial charge in [0, 0.05) is 18.4 Å². The van der Waals surface area contributed by atoms with Gasteiger partial charge in [0.05, 0.1) is 6.61 Å². The third-order valence-corrected chi connectivity index (χ3v) is 2.28. The molecule has 0 spiro atoms. The lowest BCUT2D eigenvalue weighted by molar-refractivity contribution is -0.175. The van der Waals surface area contributed by atoms with E-state index in [1.54, 1.807) is 18.5 Å². The van der Waals surface area contributed by atoms with Crippen molar-refractivity contribution in [3.05, 3.63) is 30.1 Å². The Bertz CT molecular complexity index is 330. The van der Waals surface area contributed by atoms with Gasteiger partial charge in [0.25, 0.3) is 0 Å². The third kappa shape index (κ3) is 6.56. The first-order chi connectivity index (χ1) is 8.51. The van der Waals surface area contributed by atoms with E-state index in [2.05, 4.69) is 15.0 Å². The van der Waals surface area contributed by atoms with Gasteiger partial charge in [-0.1, -0.05) is 13.0 Å². The number of pyridine rings is 1. The summed E-state index contributed by atoms with van der Waals surface area (Å²) in [6, 6.07) is 3.55. The van der Waals surface area contributed by atoms with Gasteiger partial charge in [0.1, 0.15) is 6.61 Å². The fraction of sp³-hybridized carbons (Fsp3) is 0.583. The number of nitrogens with one attached hydrogen (secondary N) is 1. The summed E-state index contributed by atoms with van der Waals surface area (Å²) < 4.78 is 40.6. The van der Waals surface area contributed by atoms with Crippen molar-refractivity contribution in [3.8, 4) is 0 Å². The van der Waals surface area contributed by atoms with Crippen LogP contribution in [-0.4, -0.2) is 37.0 Å². The van der Waals surface area contributed by atoms with Crippen LogP contribution in [0.2, 0.25) is 0 Å². The Hall–Kier alpha value is -1.14. The van der Waals surface area contributed by atoms with Gasteiger partial charge in [-0.25, -0.2) is 0 Å². The van der Waals surface area contributed by atoms with E-state index in [4.69, 9.17) is 0 Å². The van der Waals surface area contributed by atoms with E-state index >= 15 is 0 Å². The molecule has 3 nitrogen and oxygen atoms in total. The van der Waals surface area contributed by atoms with Gasteiger partial charge in [0.2, 0.25) is 0 Å². The summed E-state index contributed by atoms with van der Waals surface area (Å²) in [6.45, 7) is 1.41. The lowest BCUT2D eigenvalue weighted by atomic mass is 10.1. The van der Waals surface area contributed by atoms with Crippen LogP contribution in [0.1, 0.15) is 12.5 Å². The Balaban J connectivity index is 2.40. The molecule has 102 valence electrons. The minimum absolute atomic E-state index is 0.0300. The molecule has 6 heteroatoms. The predicted molar refractivity (Wildman–Crippen MR) is 62.3 cm³/mol. The van der Waals surface area contributed by atoms with Crippen molar-refractivity contribution < 1.29 is 17.9 Å². The van der Waals surface area contributed by atoms with Gasteiger partial charge < -0.3 is 10.1 Å². The summed E-state index contributed by atoms with van der Waals surface area (Å²) in [7, 11) is 0. The molecule has 1 N–H and O–H groups in total. The molecule has 0 saturated heterocycles. The Kier molecular flexibility index (Phi) is 6.07. The average molecular weight is 262 g/mol. The van der Waals surface area contributed by atoms with E-state index in [0.29, 0.717) is 13.0 Å². The normalized spacial score (nSPS) is 13.6. The average Bonchev–Trinajstić information content (AvgIpc) is 2.29. The number of likely N-dealkylation sites (N-methyl/N-ethyl adjacent to an activating group) is 1. The number of halogens is 3. The molecule has 0 radical (unpaired) electrons. The maximum atomic E-state index is 12.0. The van der Waals surface area contributed by atoms with Crippen LogP contribution in [0.25, 0.3) is 0 Å². The number of hydrogen-bond acceptors (Lipinski definition) is 3. The van der Waals surface area contributed by atoms with Crippen LogP contribution in [0.4, 0.5) is 13.2 Å². The fourth-order valence-electron chi connectivity index (χ4n) is 1.60. The highest BCUT2D eigenvalue weighted by molar-refractivity contribution is 5.10. The molecule has 1 atom stereocenters. The second kappa shape index (κ2) is 7.33. The van der Waals surface area contributed by atoms with Gasteiger partial charge in [0.15, 0.2) is 0 Å². The number of aromatic nitrogens is 1.